The highest BCUT2D eigenvalue weighted by Crippen LogP contribution is 2.30. The minimum atomic E-state index is 0.483. The minimum absolute atomic E-state index is 0.483. The molecule has 0 aromatic heterocycles. The molecule has 0 aliphatic rings. The largest absolute Gasteiger partial charge is 0.497 e. The minimum Gasteiger partial charge on any atom is -0.497 e. The summed E-state index contributed by atoms with van der Waals surface area (Å²) in [5.74, 6) is 1.78. The van der Waals surface area contributed by atoms with Gasteiger partial charge < -0.3 is 15.2 Å². The van der Waals surface area contributed by atoms with Crippen molar-refractivity contribution < 1.29 is 9.47 Å². The van der Waals surface area contributed by atoms with Gasteiger partial charge in [0, 0.05) is 6.07 Å². The normalized spacial score (nSPS) is 9.56. The predicted octanol–water partition coefficient (Wildman–Crippen LogP) is 2.94. The molecular formula is C14H12N2O2. The van der Waals surface area contributed by atoms with Gasteiger partial charge in [-0.05, 0) is 30.3 Å². The van der Waals surface area contributed by atoms with Crippen LogP contribution in [0.3, 0.4) is 0 Å². The van der Waals surface area contributed by atoms with E-state index >= 15 is 0 Å². The SMILES string of the molecule is COc1ccc(Oc2cccc(C#N)c2)c(N)c1. The van der Waals surface area contributed by atoms with Crippen LogP contribution in [0.2, 0.25) is 0 Å². The molecule has 2 N–H and O–H groups in total. The van der Waals surface area contributed by atoms with Gasteiger partial charge in [-0.25, -0.2) is 0 Å². The quantitative estimate of drug-likeness (QED) is 0.837. The van der Waals surface area contributed by atoms with Crippen molar-refractivity contribution in [2.45, 2.75) is 0 Å². The lowest BCUT2D eigenvalue weighted by Gasteiger charge is -2.09. The van der Waals surface area contributed by atoms with Crippen LogP contribution in [0, 0.1) is 11.3 Å². The second-order valence-electron chi connectivity index (χ2n) is 3.65. The Bertz CT molecular complexity index is 603. The zero-order chi connectivity index (χ0) is 13.0. The van der Waals surface area contributed by atoms with E-state index in [0.29, 0.717) is 28.5 Å². The number of ether oxygens (including phenoxy) is 2. The fraction of sp³-hybridized carbons (Fsp3) is 0.0714. The van der Waals surface area contributed by atoms with Crippen molar-refractivity contribution in [2.75, 3.05) is 12.8 Å². The zero-order valence-electron chi connectivity index (χ0n) is 9.88. The number of rotatable bonds is 3. The van der Waals surface area contributed by atoms with Crippen LogP contribution in [-0.2, 0) is 0 Å². The Morgan fingerprint density at radius 3 is 2.61 bits per heavy atom. The van der Waals surface area contributed by atoms with Crippen molar-refractivity contribution in [2.24, 2.45) is 0 Å². The molecule has 0 unspecified atom stereocenters. The number of methoxy groups -OCH3 is 1. The summed E-state index contributed by atoms with van der Waals surface area (Å²) < 4.78 is 10.7. The van der Waals surface area contributed by atoms with Gasteiger partial charge in [-0.1, -0.05) is 6.07 Å². The molecule has 0 saturated heterocycles. The fourth-order valence-corrected chi connectivity index (χ4v) is 1.50. The molecule has 0 radical (unpaired) electrons. The van der Waals surface area contributed by atoms with E-state index in [9.17, 15) is 0 Å². The highest BCUT2D eigenvalue weighted by atomic mass is 16.5. The van der Waals surface area contributed by atoms with Crippen molar-refractivity contribution in [3.05, 3.63) is 48.0 Å². The van der Waals surface area contributed by atoms with Crippen molar-refractivity contribution >= 4 is 5.69 Å². The van der Waals surface area contributed by atoms with E-state index < -0.39 is 0 Å². The lowest BCUT2D eigenvalue weighted by Crippen LogP contribution is -1.93. The Balaban J connectivity index is 2.26. The smallest absolute Gasteiger partial charge is 0.150 e. The molecule has 0 aliphatic heterocycles. The van der Waals surface area contributed by atoms with E-state index in [2.05, 4.69) is 6.07 Å². The standard InChI is InChI=1S/C14H12N2O2/c1-17-11-5-6-14(13(16)8-11)18-12-4-2-3-10(7-12)9-15/h2-8H,16H2,1H3. The monoisotopic (exact) mass is 240 g/mol. The zero-order valence-corrected chi connectivity index (χ0v) is 9.88. The summed E-state index contributed by atoms with van der Waals surface area (Å²) in [5.41, 5.74) is 6.87. The number of hydrogen-bond acceptors (Lipinski definition) is 4. The van der Waals surface area contributed by atoms with Gasteiger partial charge in [0.25, 0.3) is 0 Å². The number of benzene rings is 2. The van der Waals surface area contributed by atoms with Crippen LogP contribution < -0.4 is 15.2 Å². The van der Waals surface area contributed by atoms with Gasteiger partial charge in [0.1, 0.15) is 11.5 Å². The molecule has 0 heterocycles. The summed E-state index contributed by atoms with van der Waals surface area (Å²) in [4.78, 5) is 0. The van der Waals surface area contributed by atoms with Crippen LogP contribution in [0.1, 0.15) is 5.56 Å². The highest BCUT2D eigenvalue weighted by Gasteiger charge is 2.04. The van der Waals surface area contributed by atoms with E-state index in [1.54, 1.807) is 49.6 Å². The molecule has 2 aromatic rings. The number of hydrogen-bond donors (Lipinski definition) is 1. The summed E-state index contributed by atoms with van der Waals surface area (Å²) in [6, 6.07) is 14.1. The van der Waals surface area contributed by atoms with E-state index in [-0.39, 0.29) is 0 Å². The Morgan fingerprint density at radius 1 is 1.11 bits per heavy atom. The lowest BCUT2D eigenvalue weighted by atomic mass is 10.2. The predicted molar refractivity (Wildman–Crippen MR) is 68.6 cm³/mol. The van der Waals surface area contributed by atoms with Gasteiger partial charge in [-0.3, -0.25) is 0 Å². The van der Waals surface area contributed by atoms with E-state index in [4.69, 9.17) is 20.5 Å². The number of nitrogens with two attached hydrogens (primary N) is 1. The molecule has 0 bridgehead atoms. The van der Waals surface area contributed by atoms with E-state index in [1.165, 1.54) is 0 Å². The van der Waals surface area contributed by atoms with E-state index in [0.717, 1.165) is 0 Å². The average Bonchev–Trinajstić information content (AvgIpc) is 2.41. The molecule has 4 nitrogen and oxygen atoms in total. The first-order chi connectivity index (χ1) is 8.72. The van der Waals surface area contributed by atoms with Gasteiger partial charge in [-0.2, -0.15) is 5.26 Å². The van der Waals surface area contributed by atoms with Gasteiger partial charge >= 0.3 is 0 Å². The van der Waals surface area contributed by atoms with Gasteiger partial charge in [0.15, 0.2) is 5.75 Å². The third kappa shape index (κ3) is 2.53. The lowest BCUT2D eigenvalue weighted by molar-refractivity contribution is 0.413. The molecule has 2 aromatic carbocycles. The van der Waals surface area contributed by atoms with Crippen LogP contribution in [0.5, 0.6) is 17.2 Å². The van der Waals surface area contributed by atoms with Crippen molar-refractivity contribution in [3.63, 3.8) is 0 Å². The van der Waals surface area contributed by atoms with Crippen LogP contribution in [0.15, 0.2) is 42.5 Å². The maximum Gasteiger partial charge on any atom is 0.150 e. The summed E-state index contributed by atoms with van der Waals surface area (Å²) in [6.07, 6.45) is 0. The molecule has 0 fully saturated rings. The maximum absolute atomic E-state index is 8.80. The third-order valence-electron chi connectivity index (χ3n) is 2.41. The van der Waals surface area contributed by atoms with Crippen molar-refractivity contribution in [1.82, 2.24) is 0 Å². The molecule has 0 saturated carbocycles. The molecule has 0 atom stereocenters. The Labute approximate surface area is 105 Å². The molecule has 90 valence electrons. The fourth-order valence-electron chi connectivity index (χ4n) is 1.50. The highest BCUT2D eigenvalue weighted by molar-refractivity contribution is 5.57. The molecule has 0 amide bonds. The summed E-state index contributed by atoms with van der Waals surface area (Å²) in [5, 5.41) is 8.80. The van der Waals surface area contributed by atoms with Gasteiger partial charge in [0.05, 0.1) is 24.4 Å². The summed E-state index contributed by atoms with van der Waals surface area (Å²) in [6.45, 7) is 0. The van der Waals surface area contributed by atoms with E-state index in [1.807, 2.05) is 0 Å². The first-order valence-corrected chi connectivity index (χ1v) is 5.34. The summed E-state index contributed by atoms with van der Waals surface area (Å²) >= 11 is 0. The Hall–Kier alpha value is -2.67. The number of nitrogens with zero attached hydrogens (tertiary/aromatic N) is 1. The Morgan fingerprint density at radius 2 is 1.94 bits per heavy atom. The van der Waals surface area contributed by atoms with Crippen LogP contribution in [0.25, 0.3) is 0 Å². The van der Waals surface area contributed by atoms with Crippen molar-refractivity contribution in [1.29, 1.82) is 5.26 Å². The molecule has 0 spiro atoms. The Kier molecular flexibility index (Phi) is 3.35. The second-order valence-corrected chi connectivity index (χ2v) is 3.65. The topological polar surface area (TPSA) is 68.3 Å². The van der Waals surface area contributed by atoms with Gasteiger partial charge in [-0.15, -0.1) is 0 Å². The first kappa shape index (κ1) is 11.8. The average molecular weight is 240 g/mol. The second kappa shape index (κ2) is 5.11. The molecule has 0 aliphatic carbocycles. The molecule has 4 heteroatoms. The van der Waals surface area contributed by atoms with Crippen LogP contribution in [-0.4, -0.2) is 7.11 Å². The van der Waals surface area contributed by atoms with Crippen molar-refractivity contribution in [3.8, 4) is 23.3 Å². The van der Waals surface area contributed by atoms with Gasteiger partial charge in [0.2, 0.25) is 0 Å². The molecule has 18 heavy (non-hydrogen) atoms. The number of anilines is 1. The molecular weight excluding hydrogens is 228 g/mol. The maximum atomic E-state index is 8.80. The van der Waals surface area contributed by atoms with Crippen LogP contribution >= 0.6 is 0 Å². The first-order valence-electron chi connectivity index (χ1n) is 5.34. The summed E-state index contributed by atoms with van der Waals surface area (Å²) in [7, 11) is 1.58. The third-order valence-corrected chi connectivity index (χ3v) is 2.41. The van der Waals surface area contributed by atoms with Crippen LogP contribution in [0.4, 0.5) is 5.69 Å². The molecule has 2 rings (SSSR count). The number of nitrogen functional groups attached to an aromatic ring is 1. The number of nitriles is 1.